The summed E-state index contributed by atoms with van der Waals surface area (Å²) in [5, 5.41) is 0. The van der Waals surface area contributed by atoms with Gasteiger partial charge >= 0.3 is 92.4 Å². The van der Waals surface area contributed by atoms with Gasteiger partial charge in [0.2, 0.25) is 0 Å². The minimum absolute atomic E-state index is 0.0954. The molecule has 3 heteroatoms. The molecule has 1 atom stereocenters. The Hall–Kier alpha value is -2.65. The van der Waals surface area contributed by atoms with E-state index in [-0.39, 0.29) is 35.9 Å². The zero-order valence-corrected chi connectivity index (χ0v) is 32.0. The van der Waals surface area contributed by atoms with Crippen LogP contribution in [-0.4, -0.2) is 6.66 Å². The van der Waals surface area contributed by atoms with Crippen LogP contribution in [0.3, 0.4) is 0 Å². The van der Waals surface area contributed by atoms with Crippen molar-refractivity contribution in [3.8, 4) is 5.75 Å². The fraction of sp³-hybridized carbons (Fsp3) is 0.366. The molecular formula is C41H54OSiTi. The van der Waals surface area contributed by atoms with Crippen molar-refractivity contribution in [2.45, 2.75) is 87.7 Å². The Kier molecular flexibility index (Phi) is 12.7. The normalized spacial score (nSPS) is 16.2. The van der Waals surface area contributed by atoms with Gasteiger partial charge < -0.3 is 4.74 Å². The molecule has 232 valence electrons. The van der Waals surface area contributed by atoms with Crippen LogP contribution in [0.4, 0.5) is 0 Å². The monoisotopic (exact) mass is 638 g/mol. The van der Waals surface area contributed by atoms with E-state index in [1.807, 2.05) is 40.3 Å². The van der Waals surface area contributed by atoms with Crippen molar-refractivity contribution >= 4 is 18.5 Å². The van der Waals surface area contributed by atoms with Crippen molar-refractivity contribution in [3.63, 3.8) is 0 Å². The third-order valence-corrected chi connectivity index (χ3v) is 14.7. The van der Waals surface area contributed by atoms with E-state index in [2.05, 4.69) is 143 Å². The van der Waals surface area contributed by atoms with Crippen LogP contribution >= 0.6 is 0 Å². The maximum absolute atomic E-state index is 6.47. The summed E-state index contributed by atoms with van der Waals surface area (Å²) in [4.78, 5) is 0. The van der Waals surface area contributed by atoms with Crippen LogP contribution in [0.1, 0.15) is 85.9 Å². The quantitative estimate of drug-likeness (QED) is 0.142. The van der Waals surface area contributed by atoms with Crippen LogP contribution in [0.25, 0.3) is 11.8 Å². The Bertz CT molecular complexity index is 1490. The van der Waals surface area contributed by atoms with Gasteiger partial charge in [0.15, 0.2) is 0 Å². The molecule has 3 aromatic rings. The van der Waals surface area contributed by atoms with Gasteiger partial charge in [-0.15, -0.1) is 0 Å². The van der Waals surface area contributed by atoms with Gasteiger partial charge in [-0.3, -0.25) is 0 Å². The number of para-hydroxylation sites is 1. The molecular weight excluding hydrogens is 584 g/mol. The van der Waals surface area contributed by atoms with Gasteiger partial charge in [-0.1, -0.05) is 126 Å². The van der Waals surface area contributed by atoms with E-state index >= 15 is 0 Å². The van der Waals surface area contributed by atoms with Crippen molar-refractivity contribution in [2.24, 2.45) is 11.3 Å². The molecule has 0 saturated carbocycles. The second-order valence-electron chi connectivity index (χ2n) is 14.3. The van der Waals surface area contributed by atoms with Gasteiger partial charge in [0.25, 0.3) is 0 Å². The Morgan fingerprint density at radius 2 is 1.30 bits per heavy atom. The third-order valence-electron chi connectivity index (χ3n) is 8.36. The van der Waals surface area contributed by atoms with Crippen molar-refractivity contribution in [3.05, 3.63) is 134 Å². The molecule has 44 heavy (non-hydrogen) atoms. The van der Waals surface area contributed by atoms with Gasteiger partial charge in [-0.2, -0.15) is 0 Å². The molecule has 0 amide bonds. The van der Waals surface area contributed by atoms with E-state index in [0.29, 0.717) is 0 Å². The molecule has 0 aliphatic heterocycles. The molecule has 1 nitrogen and oxygen atoms in total. The number of hydrogen-bond donors (Lipinski definition) is 0. The average Bonchev–Trinajstić information content (AvgIpc) is 3.15. The number of allylic oxidation sites excluding steroid dienone is 6. The van der Waals surface area contributed by atoms with E-state index in [1.54, 1.807) is 16.7 Å². The molecule has 0 radical (unpaired) electrons. The van der Waals surface area contributed by atoms with Crippen LogP contribution in [-0.2, 0) is 23.8 Å². The number of ether oxygens (including phenoxy) is 1. The maximum atomic E-state index is 6.47. The zero-order valence-electron chi connectivity index (χ0n) is 29.3. The molecule has 0 N–H and O–H groups in total. The van der Waals surface area contributed by atoms with Gasteiger partial charge in [0, 0.05) is 11.1 Å². The molecule has 0 saturated heterocycles. The first-order chi connectivity index (χ1) is 20.6. The number of benzene rings is 3. The average molecular weight is 639 g/mol. The van der Waals surface area contributed by atoms with Crippen LogP contribution in [0, 0.1) is 11.3 Å². The van der Waals surface area contributed by atoms with E-state index in [9.17, 15) is 0 Å². The SMILES string of the molecule is CC(C)(C)C(C=Cc1ccc(C(C)(C)C)cc1)=C(Oc1ccccc1)c1ccccc1.CC1=C(C)C(C)[C]([Ti][SiH](C)C)=C1C. The van der Waals surface area contributed by atoms with Crippen LogP contribution in [0.15, 0.2) is 117 Å². The standard InChI is InChI=1S/C30H34O.C9H13.C2H7Si.Ti/c1-29(2,3)25-20-17-23(18-21-25)19-22-27(30(4,5)6)28(24-13-9-7-10-14-24)31-26-15-11-8-12-16-26;1-6-5-7(2)9(4)8(6)3;1-3-2;/h7-22H,1-6H3;6H,1-4H3;3H,1-2H3;. The zero-order chi connectivity index (χ0) is 32.7. The van der Waals surface area contributed by atoms with Gasteiger partial charge in [0.05, 0.1) is 0 Å². The Balaban J connectivity index is 0.000000340. The summed E-state index contributed by atoms with van der Waals surface area (Å²) in [6.07, 6.45) is 4.39. The van der Waals surface area contributed by atoms with E-state index < -0.39 is 0 Å². The van der Waals surface area contributed by atoms with E-state index in [1.165, 1.54) is 11.1 Å². The molecule has 1 aliphatic carbocycles. The second-order valence-corrected chi connectivity index (χ2v) is 24.5. The topological polar surface area (TPSA) is 9.23 Å². The van der Waals surface area contributed by atoms with Crippen molar-refractivity contribution in [1.29, 1.82) is 0 Å². The molecule has 0 spiro atoms. The minimum atomic E-state index is -0.315. The number of rotatable bonds is 7. The molecule has 3 aromatic carbocycles. The third kappa shape index (κ3) is 9.93. The van der Waals surface area contributed by atoms with Gasteiger partial charge in [-0.05, 0) is 34.1 Å². The summed E-state index contributed by atoms with van der Waals surface area (Å²) in [6.45, 7) is 27.4. The summed E-state index contributed by atoms with van der Waals surface area (Å²) in [5.41, 5.74) is 9.67. The molecule has 0 aromatic heterocycles. The Labute approximate surface area is 279 Å². The van der Waals surface area contributed by atoms with Crippen molar-refractivity contribution < 1.29 is 23.1 Å². The van der Waals surface area contributed by atoms with Crippen LogP contribution in [0.5, 0.6) is 5.75 Å². The fourth-order valence-corrected chi connectivity index (χ4v) is 12.1. The summed E-state index contributed by atoms with van der Waals surface area (Å²) in [5.74, 6) is 2.52. The predicted molar refractivity (Wildman–Crippen MR) is 193 cm³/mol. The Morgan fingerprint density at radius 3 is 1.75 bits per heavy atom. The van der Waals surface area contributed by atoms with Crippen molar-refractivity contribution in [2.75, 3.05) is 0 Å². The summed E-state index contributed by atoms with van der Waals surface area (Å²) < 4.78 is 8.33. The molecule has 4 rings (SSSR count). The Morgan fingerprint density at radius 1 is 0.750 bits per heavy atom. The molecule has 0 fully saturated rings. The molecule has 0 heterocycles. The van der Waals surface area contributed by atoms with Crippen LogP contribution in [0.2, 0.25) is 13.1 Å². The second kappa shape index (κ2) is 15.6. The van der Waals surface area contributed by atoms with E-state index in [0.717, 1.165) is 28.6 Å². The van der Waals surface area contributed by atoms with E-state index in [4.69, 9.17) is 4.74 Å². The first-order valence-corrected chi connectivity index (χ1v) is 22.4. The first kappa shape index (κ1) is 35.8. The predicted octanol–water partition coefficient (Wildman–Crippen LogP) is 11.8. The van der Waals surface area contributed by atoms with Crippen LogP contribution < -0.4 is 4.74 Å². The first-order valence-electron chi connectivity index (χ1n) is 16.1. The summed E-state index contributed by atoms with van der Waals surface area (Å²) >= 11 is 0.267. The summed E-state index contributed by atoms with van der Waals surface area (Å²) in [7, 11) is 0. The van der Waals surface area contributed by atoms with Gasteiger partial charge in [-0.25, -0.2) is 0 Å². The number of hydrogen-bond acceptors (Lipinski definition) is 1. The fourth-order valence-electron chi connectivity index (χ4n) is 5.31. The van der Waals surface area contributed by atoms with Crippen molar-refractivity contribution in [1.82, 2.24) is 0 Å². The molecule has 1 aliphatic rings. The molecule has 0 bridgehead atoms. The van der Waals surface area contributed by atoms with Gasteiger partial charge in [0.1, 0.15) is 11.5 Å². The summed E-state index contributed by atoms with van der Waals surface area (Å²) in [6, 6.07) is 29.2. The molecule has 1 unspecified atom stereocenters.